The summed E-state index contributed by atoms with van der Waals surface area (Å²) in [5.41, 5.74) is -1.65. The maximum Gasteiger partial charge on any atom is 0.416 e. The van der Waals surface area contributed by atoms with Crippen LogP contribution < -0.4 is 5.32 Å². The monoisotopic (exact) mass is 305 g/mol. The van der Waals surface area contributed by atoms with Crippen molar-refractivity contribution in [1.82, 2.24) is 5.32 Å². The van der Waals surface area contributed by atoms with E-state index in [0.29, 0.717) is 24.8 Å². The van der Waals surface area contributed by atoms with Gasteiger partial charge < -0.3 is 10.1 Å². The molecular weight excluding hydrogens is 290 g/mol. The molecule has 7 heteroatoms. The van der Waals surface area contributed by atoms with Crippen LogP contribution in [0.25, 0.3) is 0 Å². The zero-order valence-electron chi connectivity index (χ0n) is 11.3. The van der Waals surface area contributed by atoms with Crippen molar-refractivity contribution in [1.29, 1.82) is 0 Å². The second-order valence-corrected chi connectivity index (χ2v) is 5.03. The summed E-state index contributed by atoms with van der Waals surface area (Å²) in [5.74, 6) is -1.74. The van der Waals surface area contributed by atoms with Gasteiger partial charge in [-0.25, -0.2) is 4.39 Å². The molecule has 0 saturated carbocycles. The van der Waals surface area contributed by atoms with Crippen LogP contribution >= 0.6 is 0 Å². The standard InChI is InChI=1S/C14H15F4NO2/c1-8-9(4-5-21-8)7-19-13(20)11-6-10(14(16,17)18)2-3-12(11)15/h2-3,6,8-9H,4-5,7H2,1H3,(H,19,20). The highest BCUT2D eigenvalue weighted by Gasteiger charge is 2.32. The summed E-state index contributed by atoms with van der Waals surface area (Å²) in [7, 11) is 0. The van der Waals surface area contributed by atoms with Gasteiger partial charge in [0.1, 0.15) is 5.82 Å². The van der Waals surface area contributed by atoms with Crippen molar-refractivity contribution in [2.75, 3.05) is 13.2 Å². The van der Waals surface area contributed by atoms with Crippen LogP contribution in [0.4, 0.5) is 17.6 Å². The van der Waals surface area contributed by atoms with Crippen LogP contribution in [-0.2, 0) is 10.9 Å². The Balaban J connectivity index is 2.08. The van der Waals surface area contributed by atoms with Crippen LogP contribution in [0.1, 0.15) is 29.3 Å². The van der Waals surface area contributed by atoms with Gasteiger partial charge in [-0.15, -0.1) is 0 Å². The molecule has 1 aliphatic heterocycles. The molecule has 0 radical (unpaired) electrons. The van der Waals surface area contributed by atoms with Crippen LogP contribution in [0.5, 0.6) is 0 Å². The largest absolute Gasteiger partial charge is 0.416 e. The number of amides is 1. The fourth-order valence-corrected chi connectivity index (χ4v) is 2.24. The minimum atomic E-state index is -4.61. The molecule has 1 heterocycles. The molecule has 2 atom stereocenters. The van der Waals surface area contributed by atoms with E-state index in [4.69, 9.17) is 4.74 Å². The van der Waals surface area contributed by atoms with E-state index in [0.717, 1.165) is 6.42 Å². The zero-order chi connectivity index (χ0) is 15.6. The van der Waals surface area contributed by atoms with Crippen molar-refractivity contribution in [3.63, 3.8) is 0 Å². The number of carbonyl (C=O) groups is 1. The molecular formula is C14H15F4NO2. The molecule has 3 nitrogen and oxygen atoms in total. The molecule has 2 rings (SSSR count). The number of carbonyl (C=O) groups excluding carboxylic acids is 1. The molecule has 1 aromatic carbocycles. The highest BCUT2D eigenvalue weighted by molar-refractivity contribution is 5.94. The third kappa shape index (κ3) is 3.72. The van der Waals surface area contributed by atoms with E-state index in [1.807, 2.05) is 6.92 Å². The highest BCUT2D eigenvalue weighted by Crippen LogP contribution is 2.30. The van der Waals surface area contributed by atoms with Gasteiger partial charge in [0.05, 0.1) is 17.2 Å². The third-order valence-electron chi connectivity index (χ3n) is 3.60. The topological polar surface area (TPSA) is 38.3 Å². The molecule has 1 aromatic rings. The zero-order valence-corrected chi connectivity index (χ0v) is 11.3. The number of hydrogen-bond donors (Lipinski definition) is 1. The normalized spacial score (nSPS) is 22.3. The van der Waals surface area contributed by atoms with Crippen molar-refractivity contribution in [3.8, 4) is 0 Å². The van der Waals surface area contributed by atoms with Crippen LogP contribution in [0.15, 0.2) is 18.2 Å². The fourth-order valence-electron chi connectivity index (χ4n) is 2.24. The second-order valence-electron chi connectivity index (χ2n) is 5.03. The number of rotatable bonds is 3. The molecule has 1 amide bonds. The van der Waals surface area contributed by atoms with Crippen molar-refractivity contribution in [3.05, 3.63) is 35.1 Å². The third-order valence-corrected chi connectivity index (χ3v) is 3.60. The summed E-state index contributed by atoms with van der Waals surface area (Å²) in [4.78, 5) is 11.8. The number of nitrogens with one attached hydrogen (secondary N) is 1. The van der Waals surface area contributed by atoms with E-state index >= 15 is 0 Å². The van der Waals surface area contributed by atoms with E-state index in [2.05, 4.69) is 5.32 Å². The Hall–Kier alpha value is -1.63. The van der Waals surface area contributed by atoms with Crippen LogP contribution in [-0.4, -0.2) is 25.2 Å². The molecule has 21 heavy (non-hydrogen) atoms. The Morgan fingerprint density at radius 1 is 1.43 bits per heavy atom. The average Bonchev–Trinajstić information content (AvgIpc) is 2.80. The lowest BCUT2D eigenvalue weighted by Crippen LogP contribution is -2.32. The number of ether oxygens (including phenoxy) is 1. The number of alkyl halides is 3. The first-order valence-corrected chi connectivity index (χ1v) is 6.55. The molecule has 1 N–H and O–H groups in total. The molecule has 0 aliphatic carbocycles. The summed E-state index contributed by atoms with van der Waals surface area (Å²) in [6.07, 6.45) is -3.89. The van der Waals surface area contributed by atoms with Crippen LogP contribution in [0, 0.1) is 11.7 Å². The minimum Gasteiger partial charge on any atom is -0.378 e. The van der Waals surface area contributed by atoms with Gasteiger partial charge in [0.25, 0.3) is 5.91 Å². The highest BCUT2D eigenvalue weighted by atomic mass is 19.4. The molecule has 2 unspecified atom stereocenters. The molecule has 1 aliphatic rings. The van der Waals surface area contributed by atoms with Crippen LogP contribution in [0.2, 0.25) is 0 Å². The predicted molar refractivity (Wildman–Crippen MR) is 67.3 cm³/mol. The van der Waals surface area contributed by atoms with Gasteiger partial charge in [0.15, 0.2) is 0 Å². The SMILES string of the molecule is CC1OCCC1CNC(=O)c1cc(C(F)(F)F)ccc1F. The Bertz CT molecular complexity index is 530. The Morgan fingerprint density at radius 3 is 2.71 bits per heavy atom. The molecule has 1 saturated heterocycles. The maximum absolute atomic E-state index is 13.5. The lowest BCUT2D eigenvalue weighted by Gasteiger charge is -2.15. The second kappa shape index (κ2) is 6.01. The van der Waals surface area contributed by atoms with Gasteiger partial charge >= 0.3 is 6.18 Å². The first-order chi connectivity index (χ1) is 9.79. The molecule has 0 bridgehead atoms. The predicted octanol–water partition coefficient (Wildman–Crippen LogP) is 3.00. The van der Waals surface area contributed by atoms with Crippen molar-refractivity contribution >= 4 is 5.91 Å². The van der Waals surface area contributed by atoms with Gasteiger partial charge in [-0.1, -0.05) is 0 Å². The quantitative estimate of drug-likeness (QED) is 0.872. The van der Waals surface area contributed by atoms with Crippen molar-refractivity contribution in [2.24, 2.45) is 5.92 Å². The minimum absolute atomic E-state index is 0.0309. The van der Waals surface area contributed by atoms with Gasteiger partial charge in [0, 0.05) is 19.1 Å². The summed E-state index contributed by atoms with van der Waals surface area (Å²) >= 11 is 0. The molecule has 0 spiro atoms. The smallest absolute Gasteiger partial charge is 0.378 e. The lowest BCUT2D eigenvalue weighted by atomic mass is 10.0. The Labute approximate surface area is 119 Å². The van der Waals surface area contributed by atoms with Crippen LogP contribution in [0.3, 0.4) is 0 Å². The van der Waals surface area contributed by atoms with Crippen molar-refractivity contribution in [2.45, 2.75) is 25.6 Å². The van der Waals surface area contributed by atoms with Crippen molar-refractivity contribution < 1.29 is 27.1 Å². The summed E-state index contributed by atoms with van der Waals surface area (Å²) in [6.45, 7) is 2.68. The van der Waals surface area contributed by atoms with Gasteiger partial charge in [-0.2, -0.15) is 13.2 Å². The fraction of sp³-hybridized carbons (Fsp3) is 0.500. The van der Waals surface area contributed by atoms with Gasteiger partial charge in [0.2, 0.25) is 0 Å². The summed E-state index contributed by atoms with van der Waals surface area (Å²) in [5, 5.41) is 2.46. The molecule has 1 fully saturated rings. The lowest BCUT2D eigenvalue weighted by molar-refractivity contribution is -0.137. The van der Waals surface area contributed by atoms with E-state index in [9.17, 15) is 22.4 Å². The Morgan fingerprint density at radius 2 is 2.14 bits per heavy atom. The number of hydrogen-bond acceptors (Lipinski definition) is 2. The van der Waals surface area contributed by atoms with E-state index < -0.39 is 29.0 Å². The number of halogens is 4. The van der Waals surface area contributed by atoms with E-state index in [-0.39, 0.29) is 18.6 Å². The Kier molecular flexibility index (Phi) is 4.51. The average molecular weight is 305 g/mol. The van der Waals surface area contributed by atoms with E-state index in [1.165, 1.54) is 0 Å². The first kappa shape index (κ1) is 15.8. The summed E-state index contributed by atoms with van der Waals surface area (Å²) < 4.78 is 56.6. The van der Waals surface area contributed by atoms with Gasteiger partial charge in [-0.05, 0) is 31.5 Å². The maximum atomic E-state index is 13.5. The first-order valence-electron chi connectivity index (χ1n) is 6.55. The van der Waals surface area contributed by atoms with Gasteiger partial charge in [-0.3, -0.25) is 4.79 Å². The molecule has 116 valence electrons. The molecule has 0 aromatic heterocycles. The summed E-state index contributed by atoms with van der Waals surface area (Å²) in [6, 6.07) is 1.79. The van der Waals surface area contributed by atoms with E-state index in [1.54, 1.807) is 0 Å². The number of benzene rings is 1.